The Morgan fingerprint density at radius 2 is 2.00 bits per heavy atom. The number of anilines is 1. The lowest BCUT2D eigenvalue weighted by Crippen LogP contribution is -2.32. The summed E-state index contributed by atoms with van der Waals surface area (Å²) in [6, 6.07) is 3.78. The van der Waals surface area contributed by atoms with Crippen molar-refractivity contribution < 1.29 is 0 Å². The predicted octanol–water partition coefficient (Wildman–Crippen LogP) is 1.14. The van der Waals surface area contributed by atoms with Gasteiger partial charge in [-0.2, -0.15) is 0 Å². The first kappa shape index (κ1) is 14.4. The second-order valence-corrected chi connectivity index (χ2v) is 4.61. The van der Waals surface area contributed by atoms with Gasteiger partial charge in [-0.25, -0.2) is 0 Å². The molecule has 100 valence electrons. The fraction of sp³-hybridized carbons (Fsp3) is 0.538. The summed E-state index contributed by atoms with van der Waals surface area (Å²) >= 11 is 0. The van der Waals surface area contributed by atoms with Crippen LogP contribution in [0.15, 0.2) is 18.3 Å². The highest BCUT2D eigenvalue weighted by molar-refractivity contribution is 5.93. The summed E-state index contributed by atoms with van der Waals surface area (Å²) in [4.78, 5) is 8.67. The van der Waals surface area contributed by atoms with Crippen LogP contribution in [0.3, 0.4) is 0 Å². The Morgan fingerprint density at radius 3 is 2.44 bits per heavy atom. The molecular formula is C13H23N5. The maximum Gasteiger partial charge on any atom is 0.141 e. The van der Waals surface area contributed by atoms with E-state index in [0.717, 1.165) is 31.7 Å². The van der Waals surface area contributed by atoms with Crippen molar-refractivity contribution in [1.29, 1.82) is 5.41 Å². The largest absolute Gasteiger partial charge is 0.382 e. The van der Waals surface area contributed by atoms with Crippen molar-refractivity contribution in [2.45, 2.75) is 13.3 Å². The molecule has 1 aromatic heterocycles. The molecule has 0 aromatic carbocycles. The molecule has 0 saturated heterocycles. The quantitative estimate of drug-likeness (QED) is 0.562. The molecular weight excluding hydrogens is 226 g/mol. The Bertz CT molecular complexity index is 371. The predicted molar refractivity (Wildman–Crippen MR) is 76.3 cm³/mol. The SMILES string of the molecule is CCCN(CCN(C)C)c1ccc(C(=N)N)nc1. The lowest BCUT2D eigenvalue weighted by atomic mass is 10.2. The van der Waals surface area contributed by atoms with Gasteiger partial charge in [0.2, 0.25) is 0 Å². The van der Waals surface area contributed by atoms with E-state index in [1.165, 1.54) is 0 Å². The van der Waals surface area contributed by atoms with Crippen LogP contribution in [0.1, 0.15) is 19.0 Å². The minimum Gasteiger partial charge on any atom is -0.382 e. The number of nitrogens with zero attached hydrogens (tertiary/aromatic N) is 3. The number of hydrogen-bond donors (Lipinski definition) is 2. The third-order valence-corrected chi connectivity index (χ3v) is 2.70. The van der Waals surface area contributed by atoms with Crippen LogP contribution < -0.4 is 10.6 Å². The van der Waals surface area contributed by atoms with Crippen LogP contribution in [-0.2, 0) is 0 Å². The van der Waals surface area contributed by atoms with E-state index >= 15 is 0 Å². The number of nitrogens with one attached hydrogen (secondary N) is 1. The number of aromatic nitrogens is 1. The van der Waals surface area contributed by atoms with Gasteiger partial charge in [-0.15, -0.1) is 0 Å². The Hall–Kier alpha value is -1.62. The number of nitrogen functional groups attached to an aromatic ring is 1. The van der Waals surface area contributed by atoms with Crippen LogP contribution >= 0.6 is 0 Å². The van der Waals surface area contributed by atoms with Gasteiger partial charge < -0.3 is 15.5 Å². The van der Waals surface area contributed by atoms with E-state index in [-0.39, 0.29) is 5.84 Å². The van der Waals surface area contributed by atoms with Gasteiger partial charge >= 0.3 is 0 Å². The highest BCUT2D eigenvalue weighted by atomic mass is 15.2. The van der Waals surface area contributed by atoms with E-state index in [1.807, 2.05) is 6.07 Å². The Balaban J connectivity index is 2.75. The number of hydrogen-bond acceptors (Lipinski definition) is 4. The second-order valence-electron chi connectivity index (χ2n) is 4.61. The summed E-state index contributed by atoms with van der Waals surface area (Å²) in [6.07, 6.45) is 2.89. The molecule has 1 rings (SSSR count). The number of amidine groups is 1. The van der Waals surface area contributed by atoms with Crippen molar-refractivity contribution in [2.75, 3.05) is 38.6 Å². The average molecular weight is 249 g/mol. The molecule has 0 amide bonds. The third-order valence-electron chi connectivity index (χ3n) is 2.70. The van der Waals surface area contributed by atoms with Crippen molar-refractivity contribution in [1.82, 2.24) is 9.88 Å². The summed E-state index contributed by atoms with van der Waals surface area (Å²) < 4.78 is 0. The van der Waals surface area contributed by atoms with E-state index in [1.54, 1.807) is 12.3 Å². The van der Waals surface area contributed by atoms with Crippen molar-refractivity contribution >= 4 is 11.5 Å². The van der Waals surface area contributed by atoms with Gasteiger partial charge in [-0.05, 0) is 32.6 Å². The van der Waals surface area contributed by atoms with Crippen LogP contribution in [0.2, 0.25) is 0 Å². The van der Waals surface area contributed by atoms with Gasteiger partial charge in [-0.1, -0.05) is 6.92 Å². The molecule has 0 atom stereocenters. The van der Waals surface area contributed by atoms with Crippen molar-refractivity contribution in [3.63, 3.8) is 0 Å². The normalized spacial score (nSPS) is 10.7. The maximum atomic E-state index is 7.33. The summed E-state index contributed by atoms with van der Waals surface area (Å²) in [5.74, 6) is 0.0110. The lowest BCUT2D eigenvalue weighted by Gasteiger charge is -2.25. The minimum absolute atomic E-state index is 0.0110. The van der Waals surface area contributed by atoms with Gasteiger partial charge in [0.05, 0.1) is 11.9 Å². The van der Waals surface area contributed by atoms with Gasteiger partial charge in [-0.3, -0.25) is 10.4 Å². The monoisotopic (exact) mass is 249 g/mol. The summed E-state index contributed by atoms with van der Waals surface area (Å²) in [5, 5.41) is 7.33. The van der Waals surface area contributed by atoms with Crippen molar-refractivity contribution in [3.8, 4) is 0 Å². The highest BCUT2D eigenvalue weighted by Crippen LogP contribution is 2.13. The number of pyridine rings is 1. The summed E-state index contributed by atoms with van der Waals surface area (Å²) in [7, 11) is 4.14. The van der Waals surface area contributed by atoms with Gasteiger partial charge in [0.15, 0.2) is 0 Å². The molecule has 5 heteroatoms. The molecule has 1 heterocycles. The molecule has 0 bridgehead atoms. The van der Waals surface area contributed by atoms with Crippen LogP contribution in [0.25, 0.3) is 0 Å². The Morgan fingerprint density at radius 1 is 1.28 bits per heavy atom. The van der Waals surface area contributed by atoms with Crippen molar-refractivity contribution in [3.05, 3.63) is 24.0 Å². The van der Waals surface area contributed by atoms with E-state index < -0.39 is 0 Å². The first-order chi connectivity index (χ1) is 8.54. The minimum atomic E-state index is 0.0110. The molecule has 0 fully saturated rings. The maximum absolute atomic E-state index is 7.33. The smallest absolute Gasteiger partial charge is 0.141 e. The third kappa shape index (κ3) is 4.33. The molecule has 0 unspecified atom stereocenters. The van der Waals surface area contributed by atoms with E-state index in [2.05, 4.69) is 35.8 Å². The Labute approximate surface area is 109 Å². The highest BCUT2D eigenvalue weighted by Gasteiger charge is 2.07. The molecule has 0 aliphatic carbocycles. The number of likely N-dealkylation sites (N-methyl/N-ethyl adjacent to an activating group) is 1. The molecule has 0 aliphatic rings. The summed E-state index contributed by atoms with van der Waals surface area (Å²) in [6.45, 7) is 5.16. The summed E-state index contributed by atoms with van der Waals surface area (Å²) in [5.41, 5.74) is 7.01. The zero-order chi connectivity index (χ0) is 13.5. The van der Waals surface area contributed by atoms with Gasteiger partial charge in [0.25, 0.3) is 0 Å². The van der Waals surface area contributed by atoms with E-state index in [9.17, 15) is 0 Å². The van der Waals surface area contributed by atoms with Crippen molar-refractivity contribution in [2.24, 2.45) is 5.73 Å². The van der Waals surface area contributed by atoms with Gasteiger partial charge in [0, 0.05) is 19.6 Å². The first-order valence-corrected chi connectivity index (χ1v) is 6.24. The molecule has 0 saturated carbocycles. The lowest BCUT2D eigenvalue weighted by molar-refractivity contribution is 0.413. The number of nitrogens with two attached hydrogens (primary N) is 1. The van der Waals surface area contributed by atoms with E-state index in [4.69, 9.17) is 11.1 Å². The van der Waals surface area contributed by atoms with Crippen LogP contribution in [0.4, 0.5) is 5.69 Å². The number of rotatable bonds is 7. The Kier molecular flexibility index (Phi) is 5.58. The molecule has 0 spiro atoms. The van der Waals surface area contributed by atoms with Crippen LogP contribution in [0.5, 0.6) is 0 Å². The fourth-order valence-electron chi connectivity index (χ4n) is 1.69. The standard InChI is InChI=1S/C13H23N5/c1-4-7-18(9-8-17(2)3)11-5-6-12(13(14)15)16-10-11/h5-6,10H,4,7-9H2,1-3H3,(H3,14,15). The average Bonchev–Trinajstić information content (AvgIpc) is 2.34. The zero-order valence-electron chi connectivity index (χ0n) is 11.5. The molecule has 18 heavy (non-hydrogen) atoms. The first-order valence-electron chi connectivity index (χ1n) is 6.24. The topological polar surface area (TPSA) is 69.2 Å². The molecule has 1 aromatic rings. The molecule has 5 nitrogen and oxygen atoms in total. The van der Waals surface area contributed by atoms with Crippen LogP contribution in [0, 0.1) is 5.41 Å². The van der Waals surface area contributed by atoms with Crippen LogP contribution in [-0.4, -0.2) is 49.4 Å². The van der Waals surface area contributed by atoms with Gasteiger partial charge in [0.1, 0.15) is 11.5 Å². The second kappa shape index (κ2) is 6.96. The zero-order valence-corrected chi connectivity index (χ0v) is 11.5. The fourth-order valence-corrected chi connectivity index (χ4v) is 1.69. The molecule has 0 aliphatic heterocycles. The molecule has 3 N–H and O–H groups in total. The van der Waals surface area contributed by atoms with E-state index in [0.29, 0.717) is 5.69 Å². The molecule has 0 radical (unpaired) electrons.